The fraction of sp³-hybridized carbons (Fsp3) is 0.320. The molecule has 3 aromatic heterocycles. The van der Waals surface area contributed by atoms with Crippen molar-refractivity contribution in [2.75, 3.05) is 12.4 Å². The third-order valence-electron chi connectivity index (χ3n) is 6.09. The van der Waals surface area contributed by atoms with Crippen LogP contribution >= 0.6 is 11.8 Å². The zero-order chi connectivity index (χ0) is 23.8. The summed E-state index contributed by atoms with van der Waals surface area (Å²) in [5.41, 5.74) is 3.56. The first-order chi connectivity index (χ1) is 16.4. The Kier molecular flexibility index (Phi) is 5.95. The van der Waals surface area contributed by atoms with Gasteiger partial charge in [0.05, 0.1) is 24.1 Å². The molecule has 176 valence electrons. The SMILES string of the molecule is Cc1occc1-c1nnc(SCC(=O)c2cc(C)n(CC3COc4ccccc4O3)c2C)n1C. The van der Waals surface area contributed by atoms with E-state index in [0.717, 1.165) is 45.6 Å². The third-order valence-corrected chi connectivity index (χ3v) is 7.12. The molecule has 0 saturated carbocycles. The summed E-state index contributed by atoms with van der Waals surface area (Å²) < 4.78 is 21.4. The molecule has 0 N–H and O–H groups in total. The average molecular weight is 479 g/mol. The van der Waals surface area contributed by atoms with Crippen molar-refractivity contribution in [3.05, 3.63) is 65.4 Å². The van der Waals surface area contributed by atoms with Crippen LogP contribution in [0.3, 0.4) is 0 Å². The number of benzene rings is 1. The van der Waals surface area contributed by atoms with Crippen LogP contribution in [0, 0.1) is 20.8 Å². The third kappa shape index (κ3) is 4.11. The Labute approximate surface area is 201 Å². The molecule has 9 heteroatoms. The first-order valence-electron chi connectivity index (χ1n) is 11.1. The molecule has 0 saturated heterocycles. The van der Waals surface area contributed by atoms with Crippen LogP contribution in [0.25, 0.3) is 11.4 Å². The number of Topliss-reactive ketones (excluding diaryl/α,β-unsaturated/α-hetero) is 1. The van der Waals surface area contributed by atoms with Gasteiger partial charge in [0.15, 0.2) is 34.4 Å². The van der Waals surface area contributed by atoms with Crippen molar-refractivity contribution in [3.8, 4) is 22.9 Å². The van der Waals surface area contributed by atoms with E-state index in [0.29, 0.717) is 18.3 Å². The van der Waals surface area contributed by atoms with Crippen LogP contribution in [0.4, 0.5) is 0 Å². The molecule has 0 radical (unpaired) electrons. The molecule has 8 nitrogen and oxygen atoms in total. The van der Waals surface area contributed by atoms with Crippen molar-refractivity contribution in [1.29, 1.82) is 0 Å². The molecule has 1 aromatic carbocycles. The highest BCUT2D eigenvalue weighted by Gasteiger charge is 2.24. The summed E-state index contributed by atoms with van der Waals surface area (Å²) in [6, 6.07) is 11.5. The van der Waals surface area contributed by atoms with Gasteiger partial charge in [-0.3, -0.25) is 4.79 Å². The van der Waals surface area contributed by atoms with Crippen molar-refractivity contribution in [2.45, 2.75) is 38.6 Å². The van der Waals surface area contributed by atoms with E-state index >= 15 is 0 Å². The number of ether oxygens (including phenoxy) is 2. The highest BCUT2D eigenvalue weighted by atomic mass is 32.2. The molecular formula is C25H26N4O4S. The van der Waals surface area contributed by atoms with Gasteiger partial charge in [0.1, 0.15) is 12.4 Å². The minimum absolute atomic E-state index is 0.0551. The summed E-state index contributed by atoms with van der Waals surface area (Å²) >= 11 is 1.38. The van der Waals surface area contributed by atoms with Gasteiger partial charge < -0.3 is 23.0 Å². The highest BCUT2D eigenvalue weighted by molar-refractivity contribution is 7.99. The van der Waals surface area contributed by atoms with Gasteiger partial charge in [0, 0.05) is 24.0 Å². The number of nitrogens with zero attached hydrogens (tertiary/aromatic N) is 4. The lowest BCUT2D eigenvalue weighted by Gasteiger charge is -2.27. The summed E-state index contributed by atoms with van der Waals surface area (Å²) in [5, 5.41) is 9.23. The van der Waals surface area contributed by atoms with E-state index in [2.05, 4.69) is 14.8 Å². The van der Waals surface area contributed by atoms with Crippen LogP contribution in [0.1, 0.15) is 27.5 Å². The Hall–Kier alpha value is -3.46. The molecule has 34 heavy (non-hydrogen) atoms. The van der Waals surface area contributed by atoms with Crippen molar-refractivity contribution in [1.82, 2.24) is 19.3 Å². The number of thioether (sulfide) groups is 1. The first kappa shape index (κ1) is 22.3. The standard InChI is InChI=1S/C25H26N4O4S/c1-15-11-20(16(2)29(15)12-18-13-32-22-7-5-6-8-23(22)33-18)21(30)14-34-25-27-26-24(28(25)4)19-9-10-31-17(19)3/h5-11,18H,12-14H2,1-4H3. The molecule has 4 aromatic rings. The molecule has 0 aliphatic carbocycles. The molecular weight excluding hydrogens is 452 g/mol. The number of hydrogen-bond donors (Lipinski definition) is 0. The number of fused-ring (bicyclic) bond motifs is 1. The maximum Gasteiger partial charge on any atom is 0.191 e. The van der Waals surface area contributed by atoms with E-state index in [-0.39, 0.29) is 17.6 Å². The lowest BCUT2D eigenvalue weighted by atomic mass is 10.2. The predicted octanol–water partition coefficient (Wildman–Crippen LogP) is 4.62. The number of hydrogen-bond acceptors (Lipinski definition) is 7. The van der Waals surface area contributed by atoms with Crippen LogP contribution < -0.4 is 9.47 Å². The van der Waals surface area contributed by atoms with Gasteiger partial charge >= 0.3 is 0 Å². The second-order valence-corrected chi connectivity index (χ2v) is 9.30. The zero-order valence-corrected chi connectivity index (χ0v) is 20.4. The molecule has 1 atom stereocenters. The quantitative estimate of drug-likeness (QED) is 0.283. The molecule has 0 bridgehead atoms. The van der Waals surface area contributed by atoms with Crippen molar-refractivity contribution in [3.63, 3.8) is 0 Å². The maximum atomic E-state index is 13.1. The van der Waals surface area contributed by atoms with Gasteiger partial charge in [-0.05, 0) is 45.0 Å². The van der Waals surface area contributed by atoms with Crippen molar-refractivity contribution < 1.29 is 18.7 Å². The number of para-hydroxylation sites is 2. The van der Waals surface area contributed by atoms with E-state index in [4.69, 9.17) is 13.9 Å². The zero-order valence-electron chi connectivity index (χ0n) is 19.6. The number of aryl methyl sites for hydroxylation is 2. The Morgan fingerprint density at radius 1 is 1.15 bits per heavy atom. The smallest absolute Gasteiger partial charge is 0.191 e. The first-order valence-corrected chi connectivity index (χ1v) is 12.1. The number of carbonyl (C=O) groups excluding carboxylic acids is 1. The second-order valence-electron chi connectivity index (χ2n) is 8.36. The van der Waals surface area contributed by atoms with E-state index in [1.807, 2.05) is 68.8 Å². The van der Waals surface area contributed by atoms with E-state index in [9.17, 15) is 4.79 Å². The lowest BCUT2D eigenvalue weighted by molar-refractivity contribution is 0.0777. The largest absolute Gasteiger partial charge is 0.486 e. The minimum Gasteiger partial charge on any atom is -0.486 e. The van der Waals surface area contributed by atoms with E-state index < -0.39 is 0 Å². The highest BCUT2D eigenvalue weighted by Crippen LogP contribution is 2.32. The van der Waals surface area contributed by atoms with Gasteiger partial charge in [-0.15, -0.1) is 10.2 Å². The number of furan rings is 1. The molecule has 1 aliphatic heterocycles. The minimum atomic E-state index is -0.125. The molecule has 4 heterocycles. The summed E-state index contributed by atoms with van der Waals surface area (Å²) in [5.74, 6) is 3.35. The van der Waals surface area contributed by atoms with Gasteiger partial charge in [-0.1, -0.05) is 23.9 Å². The Morgan fingerprint density at radius 2 is 1.94 bits per heavy atom. The summed E-state index contributed by atoms with van der Waals surface area (Å²) in [6.07, 6.45) is 1.51. The number of rotatable bonds is 7. The van der Waals surface area contributed by atoms with E-state index in [1.165, 1.54) is 11.8 Å². The normalized spacial score (nSPS) is 15.0. The summed E-state index contributed by atoms with van der Waals surface area (Å²) in [6.45, 7) is 6.96. The maximum absolute atomic E-state index is 13.1. The number of ketones is 1. The monoisotopic (exact) mass is 478 g/mol. The number of carbonyl (C=O) groups is 1. The van der Waals surface area contributed by atoms with E-state index in [1.54, 1.807) is 6.26 Å². The van der Waals surface area contributed by atoms with Gasteiger partial charge in [0.25, 0.3) is 0 Å². The lowest BCUT2D eigenvalue weighted by Crippen LogP contribution is -2.33. The Morgan fingerprint density at radius 3 is 2.71 bits per heavy atom. The Bertz CT molecular complexity index is 1350. The molecule has 1 aliphatic rings. The molecule has 1 unspecified atom stereocenters. The fourth-order valence-corrected chi connectivity index (χ4v) is 5.02. The summed E-state index contributed by atoms with van der Waals surface area (Å²) in [7, 11) is 1.89. The molecule has 5 rings (SSSR count). The summed E-state index contributed by atoms with van der Waals surface area (Å²) in [4.78, 5) is 13.1. The average Bonchev–Trinajstić information content (AvgIpc) is 3.50. The van der Waals surface area contributed by atoms with Gasteiger partial charge in [-0.2, -0.15) is 0 Å². The number of aromatic nitrogens is 4. The van der Waals surface area contributed by atoms with Crippen LogP contribution in [0.5, 0.6) is 11.5 Å². The fourth-order valence-electron chi connectivity index (χ4n) is 4.22. The second kappa shape index (κ2) is 9.06. The van der Waals surface area contributed by atoms with Crippen molar-refractivity contribution in [2.24, 2.45) is 7.05 Å². The molecule has 0 amide bonds. The topological polar surface area (TPSA) is 84.3 Å². The molecule has 0 fully saturated rings. The predicted molar refractivity (Wildman–Crippen MR) is 129 cm³/mol. The van der Waals surface area contributed by atoms with Crippen LogP contribution in [-0.2, 0) is 13.6 Å². The van der Waals surface area contributed by atoms with Crippen LogP contribution in [-0.4, -0.2) is 43.6 Å². The Balaban J connectivity index is 1.26. The van der Waals surface area contributed by atoms with Gasteiger partial charge in [0.2, 0.25) is 0 Å². The molecule has 0 spiro atoms. The van der Waals surface area contributed by atoms with Crippen LogP contribution in [0.15, 0.2) is 52.2 Å². The van der Waals surface area contributed by atoms with Gasteiger partial charge in [-0.25, -0.2) is 0 Å². The van der Waals surface area contributed by atoms with Crippen LogP contribution in [0.2, 0.25) is 0 Å². The van der Waals surface area contributed by atoms with Crippen molar-refractivity contribution >= 4 is 17.5 Å².